The number of benzene rings is 2. The average molecular weight is 440 g/mol. The summed E-state index contributed by atoms with van der Waals surface area (Å²) in [5, 5.41) is 10.0. The second-order valence-electron chi connectivity index (χ2n) is 7.30. The van der Waals surface area contributed by atoms with Crippen LogP contribution in [-0.2, 0) is 22.6 Å². The van der Waals surface area contributed by atoms with Crippen molar-refractivity contribution in [1.82, 2.24) is 19.7 Å². The highest BCUT2D eigenvalue weighted by molar-refractivity contribution is 7.71. The molecule has 1 aromatic heterocycles. The van der Waals surface area contributed by atoms with Crippen LogP contribution in [0.15, 0.2) is 48.5 Å². The molecule has 2 aromatic carbocycles. The molecule has 1 amide bonds. The van der Waals surface area contributed by atoms with E-state index in [1.165, 1.54) is 0 Å². The SMILES string of the molecule is COc1ccc(-c2n[nH]c(=S)n2CC(=O)Nc2cccc(CN3CCOCC3)c2)cc1. The first kappa shape index (κ1) is 21.2. The van der Waals surface area contributed by atoms with E-state index in [9.17, 15) is 4.79 Å². The molecular weight excluding hydrogens is 414 g/mol. The summed E-state index contributed by atoms with van der Waals surface area (Å²) in [4.78, 5) is 15.1. The van der Waals surface area contributed by atoms with Gasteiger partial charge in [-0.15, -0.1) is 0 Å². The fourth-order valence-electron chi connectivity index (χ4n) is 3.53. The molecule has 162 valence electrons. The number of hydrogen-bond donors (Lipinski definition) is 2. The summed E-state index contributed by atoms with van der Waals surface area (Å²) in [5.74, 6) is 1.18. The van der Waals surface area contributed by atoms with Crippen LogP contribution in [0.25, 0.3) is 11.4 Å². The molecule has 2 heterocycles. The van der Waals surface area contributed by atoms with Crippen LogP contribution in [0.4, 0.5) is 5.69 Å². The zero-order chi connectivity index (χ0) is 21.6. The van der Waals surface area contributed by atoms with Crippen LogP contribution in [0.3, 0.4) is 0 Å². The van der Waals surface area contributed by atoms with Crippen LogP contribution in [-0.4, -0.2) is 59.0 Å². The summed E-state index contributed by atoms with van der Waals surface area (Å²) >= 11 is 5.34. The summed E-state index contributed by atoms with van der Waals surface area (Å²) in [6, 6.07) is 15.4. The lowest BCUT2D eigenvalue weighted by atomic mass is 10.2. The fraction of sp³-hybridized carbons (Fsp3) is 0.318. The zero-order valence-corrected chi connectivity index (χ0v) is 18.2. The number of ether oxygens (including phenoxy) is 2. The van der Waals surface area contributed by atoms with Gasteiger partial charge in [-0.1, -0.05) is 12.1 Å². The van der Waals surface area contributed by atoms with Gasteiger partial charge in [0.2, 0.25) is 5.91 Å². The van der Waals surface area contributed by atoms with Gasteiger partial charge in [-0.3, -0.25) is 19.4 Å². The molecule has 9 heteroatoms. The predicted octanol–water partition coefficient (Wildman–Crippen LogP) is 3.09. The lowest BCUT2D eigenvalue weighted by Gasteiger charge is -2.26. The van der Waals surface area contributed by atoms with Gasteiger partial charge >= 0.3 is 0 Å². The quantitative estimate of drug-likeness (QED) is 0.551. The topological polar surface area (TPSA) is 84.4 Å². The third-order valence-corrected chi connectivity index (χ3v) is 5.44. The third-order valence-electron chi connectivity index (χ3n) is 5.13. The molecule has 1 aliphatic rings. The van der Waals surface area contributed by atoms with E-state index in [0.717, 1.165) is 55.4 Å². The fourth-order valence-corrected chi connectivity index (χ4v) is 3.73. The van der Waals surface area contributed by atoms with E-state index in [1.54, 1.807) is 11.7 Å². The van der Waals surface area contributed by atoms with Gasteiger partial charge in [0.05, 0.1) is 20.3 Å². The molecule has 0 aliphatic carbocycles. The number of nitrogens with one attached hydrogen (secondary N) is 2. The number of nitrogens with zero attached hydrogens (tertiary/aromatic N) is 3. The number of methoxy groups -OCH3 is 1. The van der Waals surface area contributed by atoms with E-state index >= 15 is 0 Å². The van der Waals surface area contributed by atoms with Crippen molar-refractivity contribution >= 4 is 23.8 Å². The molecule has 31 heavy (non-hydrogen) atoms. The highest BCUT2D eigenvalue weighted by Gasteiger charge is 2.14. The summed E-state index contributed by atoms with van der Waals surface area (Å²) < 4.78 is 12.7. The third kappa shape index (κ3) is 5.38. The van der Waals surface area contributed by atoms with Gasteiger partial charge in [0.15, 0.2) is 10.6 Å². The highest BCUT2D eigenvalue weighted by Crippen LogP contribution is 2.21. The van der Waals surface area contributed by atoms with Crippen molar-refractivity contribution in [2.75, 3.05) is 38.7 Å². The largest absolute Gasteiger partial charge is 0.497 e. The number of anilines is 1. The number of carbonyl (C=O) groups excluding carboxylic acids is 1. The standard InChI is InChI=1S/C22H25N5O3S/c1-29-19-7-5-17(6-8-19)21-24-25-22(31)27(21)15-20(28)23-18-4-2-3-16(13-18)14-26-9-11-30-12-10-26/h2-8,13H,9-12,14-15H2,1H3,(H,23,28)(H,25,31). The van der Waals surface area contributed by atoms with Crippen molar-refractivity contribution in [2.24, 2.45) is 0 Å². The van der Waals surface area contributed by atoms with E-state index in [1.807, 2.05) is 42.5 Å². The lowest BCUT2D eigenvalue weighted by Crippen LogP contribution is -2.35. The molecule has 0 unspecified atom stereocenters. The number of amides is 1. The summed E-state index contributed by atoms with van der Waals surface area (Å²) in [5.41, 5.74) is 2.75. The summed E-state index contributed by atoms with van der Waals surface area (Å²) in [6.07, 6.45) is 0. The Morgan fingerprint density at radius 1 is 1.23 bits per heavy atom. The van der Waals surface area contributed by atoms with Crippen LogP contribution in [0, 0.1) is 4.77 Å². The number of rotatable bonds is 7. The van der Waals surface area contributed by atoms with Gasteiger partial charge in [0.1, 0.15) is 12.3 Å². The molecule has 1 fully saturated rings. The van der Waals surface area contributed by atoms with E-state index in [0.29, 0.717) is 10.6 Å². The van der Waals surface area contributed by atoms with Gasteiger partial charge < -0.3 is 14.8 Å². The summed E-state index contributed by atoms with van der Waals surface area (Å²) in [6.45, 7) is 4.26. The Labute approximate surface area is 185 Å². The Morgan fingerprint density at radius 2 is 2.00 bits per heavy atom. The van der Waals surface area contributed by atoms with E-state index < -0.39 is 0 Å². The Morgan fingerprint density at radius 3 is 2.74 bits per heavy atom. The first-order valence-electron chi connectivity index (χ1n) is 10.1. The molecule has 2 N–H and O–H groups in total. The molecule has 0 atom stereocenters. The first-order chi connectivity index (χ1) is 15.1. The summed E-state index contributed by atoms with van der Waals surface area (Å²) in [7, 11) is 1.62. The molecule has 1 saturated heterocycles. The number of aromatic nitrogens is 3. The molecule has 0 radical (unpaired) electrons. The monoisotopic (exact) mass is 439 g/mol. The van der Waals surface area contributed by atoms with Gasteiger partial charge in [-0.25, -0.2) is 0 Å². The molecule has 3 aromatic rings. The average Bonchev–Trinajstić information content (AvgIpc) is 3.14. The number of carbonyl (C=O) groups is 1. The molecular formula is C22H25N5O3S. The van der Waals surface area contributed by atoms with Crippen molar-refractivity contribution in [1.29, 1.82) is 0 Å². The molecule has 1 aliphatic heterocycles. The van der Waals surface area contributed by atoms with Crippen molar-refractivity contribution in [3.8, 4) is 17.1 Å². The maximum absolute atomic E-state index is 12.8. The van der Waals surface area contributed by atoms with Crippen molar-refractivity contribution in [2.45, 2.75) is 13.1 Å². The van der Waals surface area contributed by atoms with E-state index in [-0.39, 0.29) is 12.5 Å². The van der Waals surface area contributed by atoms with Crippen LogP contribution in [0.1, 0.15) is 5.56 Å². The maximum Gasteiger partial charge on any atom is 0.244 e. The van der Waals surface area contributed by atoms with Gasteiger partial charge in [0, 0.05) is 30.9 Å². The Balaban J connectivity index is 1.44. The van der Waals surface area contributed by atoms with E-state index in [2.05, 4.69) is 26.5 Å². The minimum absolute atomic E-state index is 0.0599. The van der Waals surface area contributed by atoms with Crippen LogP contribution < -0.4 is 10.1 Å². The van der Waals surface area contributed by atoms with Crippen molar-refractivity contribution in [3.63, 3.8) is 0 Å². The first-order valence-corrected chi connectivity index (χ1v) is 10.5. The minimum atomic E-state index is -0.171. The molecule has 0 spiro atoms. The Hall–Kier alpha value is -3.01. The van der Waals surface area contributed by atoms with Gasteiger partial charge in [-0.05, 0) is 54.2 Å². The second-order valence-corrected chi connectivity index (χ2v) is 7.69. The van der Waals surface area contributed by atoms with Crippen molar-refractivity contribution in [3.05, 3.63) is 58.9 Å². The number of aromatic amines is 1. The van der Waals surface area contributed by atoms with Gasteiger partial charge in [0.25, 0.3) is 0 Å². The molecule has 4 rings (SSSR count). The zero-order valence-electron chi connectivity index (χ0n) is 17.3. The smallest absolute Gasteiger partial charge is 0.244 e. The number of hydrogen-bond acceptors (Lipinski definition) is 6. The minimum Gasteiger partial charge on any atom is -0.497 e. The Kier molecular flexibility index (Phi) is 6.76. The molecule has 0 bridgehead atoms. The van der Waals surface area contributed by atoms with E-state index in [4.69, 9.17) is 21.7 Å². The normalized spacial score (nSPS) is 14.4. The number of morpholine rings is 1. The molecule has 8 nitrogen and oxygen atoms in total. The maximum atomic E-state index is 12.8. The highest BCUT2D eigenvalue weighted by atomic mass is 32.1. The number of H-pyrrole nitrogens is 1. The van der Waals surface area contributed by atoms with Crippen LogP contribution >= 0.6 is 12.2 Å². The molecule has 0 saturated carbocycles. The van der Waals surface area contributed by atoms with Crippen LogP contribution in [0.5, 0.6) is 5.75 Å². The lowest BCUT2D eigenvalue weighted by molar-refractivity contribution is -0.116. The second kappa shape index (κ2) is 9.86. The predicted molar refractivity (Wildman–Crippen MR) is 121 cm³/mol. The van der Waals surface area contributed by atoms with Crippen molar-refractivity contribution < 1.29 is 14.3 Å². The Bertz CT molecular complexity index is 1090. The van der Waals surface area contributed by atoms with Gasteiger partial charge in [-0.2, -0.15) is 5.10 Å². The van der Waals surface area contributed by atoms with Crippen LogP contribution in [0.2, 0.25) is 0 Å².